The molecule has 0 saturated carbocycles. The molecule has 2 aromatic carbocycles. The maximum Gasteiger partial charge on any atom is 0.573 e. The van der Waals surface area contributed by atoms with Gasteiger partial charge in [-0.15, -0.1) is 13.2 Å². The number of thioether (sulfide) groups is 1. The molecular formula is C19H18F3NO2S. The Morgan fingerprint density at radius 2 is 1.73 bits per heavy atom. The lowest BCUT2D eigenvalue weighted by molar-refractivity contribution is -0.274. The average molecular weight is 381 g/mol. The lowest BCUT2D eigenvalue weighted by Crippen LogP contribution is -2.32. The van der Waals surface area contributed by atoms with Crippen LogP contribution in [0.3, 0.4) is 0 Å². The monoisotopic (exact) mass is 381 g/mol. The SMILES string of the molecule is O=C(c1ccc(OC(F)(F)F)cc1)N1CCS[C@@H](c2ccccc2)CC1. The van der Waals surface area contributed by atoms with Crippen LogP contribution in [0.15, 0.2) is 54.6 Å². The first-order chi connectivity index (χ1) is 12.4. The van der Waals surface area contributed by atoms with E-state index in [4.69, 9.17) is 0 Å². The molecule has 0 N–H and O–H groups in total. The van der Waals surface area contributed by atoms with Crippen molar-refractivity contribution >= 4 is 17.7 Å². The summed E-state index contributed by atoms with van der Waals surface area (Å²) >= 11 is 1.82. The minimum Gasteiger partial charge on any atom is -0.406 e. The van der Waals surface area contributed by atoms with E-state index in [2.05, 4.69) is 16.9 Å². The van der Waals surface area contributed by atoms with Gasteiger partial charge in [-0.2, -0.15) is 11.8 Å². The highest BCUT2D eigenvalue weighted by atomic mass is 32.2. The van der Waals surface area contributed by atoms with Gasteiger partial charge < -0.3 is 9.64 Å². The molecule has 1 fully saturated rings. The van der Waals surface area contributed by atoms with E-state index in [9.17, 15) is 18.0 Å². The largest absolute Gasteiger partial charge is 0.573 e. The maximum atomic E-state index is 12.6. The summed E-state index contributed by atoms with van der Waals surface area (Å²) in [5.74, 6) is 0.322. The second-order valence-corrected chi connectivity index (χ2v) is 7.23. The molecule has 1 saturated heterocycles. The first-order valence-corrected chi connectivity index (χ1v) is 9.29. The number of ether oxygens (including phenoxy) is 1. The van der Waals surface area contributed by atoms with Gasteiger partial charge in [0, 0.05) is 29.7 Å². The number of halogens is 3. The van der Waals surface area contributed by atoms with E-state index in [1.807, 2.05) is 30.0 Å². The van der Waals surface area contributed by atoms with E-state index in [0.717, 1.165) is 12.2 Å². The summed E-state index contributed by atoms with van der Waals surface area (Å²) in [6.07, 6.45) is -3.89. The van der Waals surface area contributed by atoms with E-state index in [1.54, 1.807) is 4.90 Å². The second-order valence-electron chi connectivity index (χ2n) is 5.92. The summed E-state index contributed by atoms with van der Waals surface area (Å²) in [6, 6.07) is 15.3. The molecule has 2 aromatic rings. The van der Waals surface area contributed by atoms with Crippen LogP contribution in [-0.2, 0) is 0 Å². The van der Waals surface area contributed by atoms with Gasteiger partial charge in [0.15, 0.2) is 0 Å². The third-order valence-electron chi connectivity index (χ3n) is 4.13. The number of alkyl halides is 3. The Morgan fingerprint density at radius 1 is 1.04 bits per heavy atom. The number of benzene rings is 2. The molecular weight excluding hydrogens is 363 g/mol. The molecule has 1 aliphatic heterocycles. The fraction of sp³-hybridized carbons (Fsp3) is 0.316. The summed E-state index contributed by atoms with van der Waals surface area (Å²) in [4.78, 5) is 14.4. The molecule has 3 rings (SSSR count). The standard InChI is InChI=1S/C19H18F3NO2S/c20-19(21,22)25-16-8-6-15(7-9-16)18(24)23-11-10-17(26-13-12-23)14-4-2-1-3-5-14/h1-9,17H,10-13H2/t17-/m1/s1. The van der Waals surface area contributed by atoms with Crippen LogP contribution in [0.1, 0.15) is 27.6 Å². The highest BCUT2D eigenvalue weighted by Gasteiger charge is 2.31. The predicted molar refractivity (Wildman–Crippen MR) is 95.3 cm³/mol. The third-order valence-corrected chi connectivity index (χ3v) is 5.46. The Balaban J connectivity index is 1.63. The van der Waals surface area contributed by atoms with Crippen molar-refractivity contribution in [3.63, 3.8) is 0 Å². The van der Waals surface area contributed by atoms with Crippen LogP contribution in [0, 0.1) is 0 Å². The number of hydrogen-bond donors (Lipinski definition) is 0. The molecule has 0 radical (unpaired) electrons. The fourth-order valence-corrected chi connectivity index (χ4v) is 4.12. The van der Waals surface area contributed by atoms with Crippen LogP contribution in [-0.4, -0.2) is 36.0 Å². The number of carbonyl (C=O) groups is 1. The topological polar surface area (TPSA) is 29.5 Å². The number of nitrogens with zero attached hydrogens (tertiary/aromatic N) is 1. The van der Waals surface area contributed by atoms with Gasteiger partial charge in [0.1, 0.15) is 5.75 Å². The van der Waals surface area contributed by atoms with Crippen LogP contribution < -0.4 is 4.74 Å². The molecule has 3 nitrogen and oxygen atoms in total. The summed E-state index contributed by atoms with van der Waals surface area (Å²) in [6.45, 7) is 1.24. The zero-order valence-electron chi connectivity index (χ0n) is 13.9. The molecule has 7 heteroatoms. The predicted octanol–water partition coefficient (Wildman–Crippen LogP) is 4.91. The van der Waals surface area contributed by atoms with E-state index >= 15 is 0 Å². The van der Waals surface area contributed by atoms with Gasteiger partial charge in [-0.05, 0) is 36.2 Å². The number of carbonyl (C=O) groups excluding carboxylic acids is 1. The van der Waals surface area contributed by atoms with E-state index in [-0.39, 0.29) is 11.7 Å². The van der Waals surface area contributed by atoms with Crippen LogP contribution in [0.25, 0.3) is 0 Å². The Hall–Kier alpha value is -2.15. The van der Waals surface area contributed by atoms with Gasteiger partial charge in [0.2, 0.25) is 0 Å². The number of amides is 1. The normalized spacial score (nSPS) is 18.3. The van der Waals surface area contributed by atoms with Gasteiger partial charge >= 0.3 is 6.36 Å². The summed E-state index contributed by atoms with van der Waals surface area (Å²) in [5.41, 5.74) is 1.61. The molecule has 26 heavy (non-hydrogen) atoms. The Labute approximate surface area is 154 Å². The lowest BCUT2D eigenvalue weighted by Gasteiger charge is -2.20. The molecule has 0 unspecified atom stereocenters. The van der Waals surface area contributed by atoms with Crippen molar-refractivity contribution in [3.05, 3.63) is 65.7 Å². The highest BCUT2D eigenvalue weighted by molar-refractivity contribution is 7.99. The van der Waals surface area contributed by atoms with Crippen molar-refractivity contribution in [2.45, 2.75) is 18.0 Å². The van der Waals surface area contributed by atoms with Gasteiger partial charge in [-0.1, -0.05) is 30.3 Å². The molecule has 0 aliphatic carbocycles. The molecule has 138 valence electrons. The second kappa shape index (κ2) is 8.03. The Kier molecular flexibility index (Phi) is 5.76. The molecule has 1 aliphatic rings. The van der Waals surface area contributed by atoms with E-state index in [0.29, 0.717) is 23.9 Å². The maximum absolute atomic E-state index is 12.6. The molecule has 0 bridgehead atoms. The zero-order chi connectivity index (χ0) is 18.6. The molecule has 0 aromatic heterocycles. The summed E-state index contributed by atoms with van der Waals surface area (Å²) in [7, 11) is 0. The number of rotatable bonds is 3. The highest BCUT2D eigenvalue weighted by Crippen LogP contribution is 2.34. The van der Waals surface area contributed by atoms with Gasteiger partial charge in [0.25, 0.3) is 5.91 Å². The van der Waals surface area contributed by atoms with Gasteiger partial charge in [-0.25, -0.2) is 0 Å². The van der Waals surface area contributed by atoms with Gasteiger partial charge in [-0.3, -0.25) is 4.79 Å². The first-order valence-electron chi connectivity index (χ1n) is 8.24. The van der Waals surface area contributed by atoms with Crippen molar-refractivity contribution in [1.82, 2.24) is 4.90 Å². The third kappa shape index (κ3) is 4.94. The van der Waals surface area contributed by atoms with Crippen molar-refractivity contribution in [3.8, 4) is 5.75 Å². The quantitative estimate of drug-likeness (QED) is 0.757. The van der Waals surface area contributed by atoms with Crippen LogP contribution in [0.5, 0.6) is 5.75 Å². The van der Waals surface area contributed by atoms with E-state index < -0.39 is 6.36 Å². The minimum absolute atomic E-state index is 0.169. The smallest absolute Gasteiger partial charge is 0.406 e. The average Bonchev–Trinajstić information content (AvgIpc) is 2.87. The van der Waals surface area contributed by atoms with Crippen molar-refractivity contribution < 1.29 is 22.7 Å². The first kappa shape index (κ1) is 18.6. The Morgan fingerprint density at radius 3 is 2.38 bits per heavy atom. The van der Waals surface area contributed by atoms with Crippen molar-refractivity contribution in [1.29, 1.82) is 0 Å². The van der Waals surface area contributed by atoms with Crippen LogP contribution in [0.4, 0.5) is 13.2 Å². The van der Waals surface area contributed by atoms with Crippen LogP contribution >= 0.6 is 11.8 Å². The number of hydrogen-bond acceptors (Lipinski definition) is 3. The zero-order valence-corrected chi connectivity index (χ0v) is 14.7. The van der Waals surface area contributed by atoms with E-state index in [1.165, 1.54) is 29.8 Å². The van der Waals surface area contributed by atoms with Crippen molar-refractivity contribution in [2.24, 2.45) is 0 Å². The summed E-state index contributed by atoms with van der Waals surface area (Å²) in [5, 5.41) is 0.344. The van der Waals surface area contributed by atoms with Crippen LogP contribution in [0.2, 0.25) is 0 Å². The molecule has 1 atom stereocenters. The Bertz CT molecular complexity index is 735. The molecule has 0 spiro atoms. The summed E-state index contributed by atoms with van der Waals surface area (Å²) < 4.78 is 40.5. The minimum atomic E-state index is -4.74. The fourth-order valence-electron chi connectivity index (χ4n) is 2.89. The molecule has 1 amide bonds. The molecule has 1 heterocycles. The lowest BCUT2D eigenvalue weighted by atomic mass is 10.1. The van der Waals surface area contributed by atoms with Gasteiger partial charge in [0.05, 0.1) is 0 Å². The van der Waals surface area contributed by atoms with Crippen molar-refractivity contribution in [2.75, 3.05) is 18.8 Å².